The van der Waals surface area contributed by atoms with Crippen LogP contribution in [-0.2, 0) is 0 Å². The second kappa shape index (κ2) is 4.58. The first-order valence-corrected chi connectivity index (χ1v) is 4.19. The van der Waals surface area contributed by atoms with Gasteiger partial charge in [0.2, 0.25) is 0 Å². The van der Waals surface area contributed by atoms with Crippen LogP contribution in [0.15, 0.2) is 12.5 Å². The molecule has 0 unspecified atom stereocenters. The Morgan fingerprint density at radius 2 is 2.50 bits per heavy atom. The normalized spacial score (nSPS) is 9.21. The van der Waals surface area contributed by atoms with Gasteiger partial charge in [-0.05, 0) is 0 Å². The van der Waals surface area contributed by atoms with Gasteiger partial charge in [0.25, 0.3) is 5.91 Å². The topological polar surface area (TPSA) is 46.1 Å². The van der Waals surface area contributed by atoms with Crippen LogP contribution in [0.3, 0.4) is 0 Å². The number of aromatic nitrogens is 2. The van der Waals surface area contributed by atoms with Crippen molar-refractivity contribution in [2.45, 2.75) is 0 Å². The Morgan fingerprint density at radius 3 is 3.07 bits per heavy atom. The molecule has 0 aromatic carbocycles. The van der Waals surface area contributed by atoms with E-state index >= 15 is 0 Å². The van der Waals surface area contributed by atoms with E-state index in [0.29, 0.717) is 0 Å². The number of terminal acetylenes is 1. The summed E-state index contributed by atoms with van der Waals surface area (Å²) in [5.74, 6) is 2.05. The minimum atomic E-state index is -0.310. The van der Waals surface area contributed by atoms with E-state index in [9.17, 15) is 4.79 Å². The molecule has 1 amide bonds. The molecule has 5 heteroatoms. The number of rotatable bonds is 2. The van der Waals surface area contributed by atoms with Gasteiger partial charge >= 0.3 is 0 Å². The van der Waals surface area contributed by atoms with E-state index in [0.717, 1.165) is 0 Å². The Morgan fingerprint density at radius 1 is 1.79 bits per heavy atom. The first kappa shape index (κ1) is 10.5. The van der Waals surface area contributed by atoms with Gasteiger partial charge in [0, 0.05) is 13.2 Å². The molecule has 14 heavy (non-hydrogen) atoms. The zero-order valence-corrected chi connectivity index (χ0v) is 8.32. The van der Waals surface area contributed by atoms with Crippen molar-refractivity contribution in [2.24, 2.45) is 0 Å². The maximum absolute atomic E-state index is 11.6. The highest BCUT2D eigenvalue weighted by Crippen LogP contribution is 2.12. The molecule has 1 aromatic heterocycles. The summed E-state index contributed by atoms with van der Waals surface area (Å²) in [5.41, 5.74) is 0.166. The first-order chi connectivity index (χ1) is 6.66. The summed E-state index contributed by atoms with van der Waals surface area (Å²) in [7, 11) is 1.58. The van der Waals surface area contributed by atoms with E-state index in [-0.39, 0.29) is 23.2 Å². The third-order valence-corrected chi connectivity index (χ3v) is 1.82. The fraction of sp³-hybridized carbons (Fsp3) is 0.222. The van der Waals surface area contributed by atoms with E-state index in [2.05, 4.69) is 15.9 Å². The van der Waals surface area contributed by atoms with Gasteiger partial charge in [-0.15, -0.1) is 6.42 Å². The summed E-state index contributed by atoms with van der Waals surface area (Å²) in [6.07, 6.45) is 7.71. The summed E-state index contributed by atoms with van der Waals surface area (Å²) >= 11 is 5.74. The lowest BCUT2D eigenvalue weighted by Crippen LogP contribution is -2.28. The smallest absolute Gasteiger partial charge is 0.274 e. The lowest BCUT2D eigenvalue weighted by atomic mass is 10.3. The highest BCUT2D eigenvalue weighted by molar-refractivity contribution is 6.33. The summed E-state index contributed by atoms with van der Waals surface area (Å²) in [5, 5.41) is 0.223. The number of amides is 1. The van der Waals surface area contributed by atoms with Gasteiger partial charge in [0.1, 0.15) is 12.0 Å². The van der Waals surface area contributed by atoms with Crippen molar-refractivity contribution in [2.75, 3.05) is 13.6 Å². The van der Waals surface area contributed by atoms with E-state index in [1.54, 1.807) is 7.05 Å². The molecule has 0 radical (unpaired) electrons. The van der Waals surface area contributed by atoms with Crippen LogP contribution in [0.2, 0.25) is 5.02 Å². The number of hydrogen-bond acceptors (Lipinski definition) is 3. The molecular formula is C9H8ClN3O. The van der Waals surface area contributed by atoms with Gasteiger partial charge in [-0.2, -0.15) is 0 Å². The predicted molar refractivity (Wildman–Crippen MR) is 52.8 cm³/mol. The third-order valence-electron chi connectivity index (χ3n) is 1.55. The second-order valence-corrected chi connectivity index (χ2v) is 2.99. The molecule has 0 aliphatic rings. The predicted octanol–water partition coefficient (Wildman–Crippen LogP) is 0.835. The highest BCUT2D eigenvalue weighted by Gasteiger charge is 2.15. The van der Waals surface area contributed by atoms with Crippen molar-refractivity contribution in [3.8, 4) is 12.3 Å². The molecule has 0 N–H and O–H groups in total. The average molecular weight is 210 g/mol. The summed E-state index contributed by atoms with van der Waals surface area (Å²) in [4.78, 5) is 20.4. The molecule has 0 atom stereocenters. The second-order valence-electron chi connectivity index (χ2n) is 2.58. The lowest BCUT2D eigenvalue weighted by molar-refractivity contribution is 0.0807. The lowest BCUT2D eigenvalue weighted by Gasteiger charge is -2.13. The zero-order chi connectivity index (χ0) is 10.6. The number of nitrogens with zero attached hydrogens (tertiary/aromatic N) is 3. The SMILES string of the molecule is C#CCN(C)C(=O)c1ncncc1Cl. The van der Waals surface area contributed by atoms with E-state index in [4.69, 9.17) is 18.0 Å². The minimum Gasteiger partial charge on any atom is -0.329 e. The van der Waals surface area contributed by atoms with Crippen molar-refractivity contribution < 1.29 is 4.79 Å². The van der Waals surface area contributed by atoms with Crippen LogP contribution in [0.25, 0.3) is 0 Å². The van der Waals surface area contributed by atoms with Gasteiger partial charge in [0.05, 0.1) is 11.6 Å². The standard InChI is InChI=1S/C9H8ClN3O/c1-3-4-13(2)9(14)8-7(10)5-11-6-12-8/h1,5-6H,4H2,2H3. The van der Waals surface area contributed by atoms with Crippen LogP contribution in [0.4, 0.5) is 0 Å². The molecule has 0 aliphatic carbocycles. The van der Waals surface area contributed by atoms with Crippen molar-refractivity contribution in [3.63, 3.8) is 0 Å². The molecule has 1 rings (SSSR count). The molecular weight excluding hydrogens is 202 g/mol. The Balaban J connectivity index is 2.91. The first-order valence-electron chi connectivity index (χ1n) is 3.81. The Bertz CT molecular complexity index is 386. The number of halogens is 1. The highest BCUT2D eigenvalue weighted by atomic mass is 35.5. The van der Waals surface area contributed by atoms with Crippen LogP contribution in [0.1, 0.15) is 10.5 Å². The van der Waals surface area contributed by atoms with Crippen molar-refractivity contribution in [1.82, 2.24) is 14.9 Å². The summed E-state index contributed by atoms with van der Waals surface area (Å²) < 4.78 is 0. The molecule has 0 bridgehead atoms. The Kier molecular flexibility index (Phi) is 3.43. The summed E-state index contributed by atoms with van der Waals surface area (Å²) in [6, 6.07) is 0. The van der Waals surface area contributed by atoms with Gasteiger partial charge in [-0.1, -0.05) is 17.5 Å². The number of carbonyl (C=O) groups is 1. The number of hydrogen-bond donors (Lipinski definition) is 0. The maximum atomic E-state index is 11.6. The van der Waals surface area contributed by atoms with Crippen LogP contribution < -0.4 is 0 Å². The quantitative estimate of drug-likeness (QED) is 0.678. The third kappa shape index (κ3) is 2.21. The molecule has 0 fully saturated rings. The van der Waals surface area contributed by atoms with Crippen LogP contribution in [-0.4, -0.2) is 34.4 Å². The molecule has 0 saturated carbocycles. The largest absolute Gasteiger partial charge is 0.329 e. The van der Waals surface area contributed by atoms with Gasteiger partial charge < -0.3 is 4.90 Å². The summed E-state index contributed by atoms with van der Waals surface area (Å²) in [6.45, 7) is 0.221. The van der Waals surface area contributed by atoms with Gasteiger partial charge in [-0.3, -0.25) is 4.79 Å². The van der Waals surface area contributed by atoms with Gasteiger partial charge in [0.15, 0.2) is 0 Å². The van der Waals surface area contributed by atoms with E-state index < -0.39 is 0 Å². The van der Waals surface area contributed by atoms with Crippen molar-refractivity contribution in [3.05, 3.63) is 23.2 Å². The van der Waals surface area contributed by atoms with Crippen LogP contribution in [0.5, 0.6) is 0 Å². The van der Waals surface area contributed by atoms with Gasteiger partial charge in [-0.25, -0.2) is 9.97 Å². The molecule has 0 aliphatic heterocycles. The monoisotopic (exact) mass is 209 g/mol. The van der Waals surface area contributed by atoms with E-state index in [1.807, 2.05) is 0 Å². The van der Waals surface area contributed by atoms with Crippen LogP contribution >= 0.6 is 11.6 Å². The molecule has 1 heterocycles. The molecule has 72 valence electrons. The number of carbonyl (C=O) groups excluding carboxylic acids is 1. The van der Waals surface area contributed by atoms with Crippen molar-refractivity contribution in [1.29, 1.82) is 0 Å². The Hall–Kier alpha value is -1.60. The fourth-order valence-electron chi connectivity index (χ4n) is 0.860. The van der Waals surface area contributed by atoms with Crippen LogP contribution in [0, 0.1) is 12.3 Å². The minimum absolute atomic E-state index is 0.166. The zero-order valence-electron chi connectivity index (χ0n) is 7.57. The molecule has 0 spiro atoms. The average Bonchev–Trinajstić information content (AvgIpc) is 2.18. The molecule has 4 nitrogen and oxygen atoms in total. The van der Waals surface area contributed by atoms with E-state index in [1.165, 1.54) is 17.4 Å². The molecule has 1 aromatic rings. The maximum Gasteiger partial charge on any atom is 0.274 e. The fourth-order valence-corrected chi connectivity index (χ4v) is 1.05. The Labute approximate surface area is 86.9 Å². The van der Waals surface area contributed by atoms with Crippen molar-refractivity contribution >= 4 is 17.5 Å². The molecule has 0 saturated heterocycles.